The first-order valence-corrected chi connectivity index (χ1v) is 13.8. The van der Waals surface area contributed by atoms with Gasteiger partial charge in [0.1, 0.15) is 17.5 Å². The van der Waals surface area contributed by atoms with Crippen LogP contribution in [0.1, 0.15) is 55.6 Å². The molecule has 0 aromatic heterocycles. The van der Waals surface area contributed by atoms with Crippen molar-refractivity contribution in [3.8, 4) is 16.9 Å². The fraction of sp³-hybridized carbons (Fsp3) is 0.424. The number of hydrogen-bond acceptors (Lipinski definition) is 7. The molecule has 6 atom stereocenters. The van der Waals surface area contributed by atoms with E-state index in [9.17, 15) is 34.2 Å². The Hall–Kier alpha value is -3.71. The number of fused-ring (bicyclic) bond motifs is 3. The summed E-state index contributed by atoms with van der Waals surface area (Å²) in [5.41, 5.74) is 1.73. The molecule has 7 heteroatoms. The van der Waals surface area contributed by atoms with E-state index >= 15 is 0 Å². The number of phenols is 1. The highest BCUT2D eigenvalue weighted by molar-refractivity contribution is 6.32. The number of phenolic OH excluding ortho intramolecular Hbond substituents is 1. The van der Waals surface area contributed by atoms with E-state index in [1.54, 1.807) is 19.9 Å². The van der Waals surface area contributed by atoms with E-state index in [-0.39, 0.29) is 30.1 Å². The molecule has 2 aromatic carbocycles. The van der Waals surface area contributed by atoms with Gasteiger partial charge in [0.15, 0.2) is 28.7 Å². The number of Topliss-reactive ketones (excluding diaryl/α,β-unsaturated/α-hetero) is 5. The largest absolute Gasteiger partial charge is 0.507 e. The SMILES string of the molecule is C=C(C)Cc1ccc(-c2ccc(O)c3c2CC2CC4C(C(C)C)C(=O)C(C(C)=O)C(=O)C4(O)C(=O)C2C3=O)cc1. The summed E-state index contributed by atoms with van der Waals surface area (Å²) in [6.45, 7) is 10.5. The van der Waals surface area contributed by atoms with E-state index in [2.05, 4.69) is 6.58 Å². The highest BCUT2D eigenvalue weighted by atomic mass is 16.3. The van der Waals surface area contributed by atoms with Crippen LogP contribution in [0.5, 0.6) is 5.75 Å². The van der Waals surface area contributed by atoms with Crippen LogP contribution in [0, 0.1) is 35.5 Å². The number of aliphatic hydroxyl groups is 1. The predicted molar refractivity (Wildman–Crippen MR) is 148 cm³/mol. The van der Waals surface area contributed by atoms with Gasteiger partial charge in [-0.3, -0.25) is 24.0 Å². The summed E-state index contributed by atoms with van der Waals surface area (Å²) in [4.78, 5) is 67.0. The van der Waals surface area contributed by atoms with E-state index < -0.39 is 64.1 Å². The number of aromatic hydroxyl groups is 1. The monoisotopic (exact) mass is 542 g/mol. The van der Waals surface area contributed by atoms with Crippen LogP contribution in [0.25, 0.3) is 11.1 Å². The Morgan fingerprint density at radius 2 is 1.68 bits per heavy atom. The highest BCUT2D eigenvalue weighted by Crippen LogP contribution is 2.53. The lowest BCUT2D eigenvalue weighted by Crippen LogP contribution is -2.70. The van der Waals surface area contributed by atoms with Gasteiger partial charge in [0.2, 0.25) is 0 Å². The molecule has 2 saturated carbocycles. The minimum atomic E-state index is -2.61. The van der Waals surface area contributed by atoms with Gasteiger partial charge in [0, 0.05) is 11.8 Å². The molecule has 3 aliphatic rings. The van der Waals surface area contributed by atoms with Crippen molar-refractivity contribution < 1.29 is 34.2 Å². The maximum absolute atomic E-state index is 14.0. The van der Waals surface area contributed by atoms with E-state index in [0.29, 0.717) is 5.56 Å². The average molecular weight is 543 g/mol. The second kappa shape index (κ2) is 9.73. The first-order chi connectivity index (χ1) is 18.8. The molecule has 0 aliphatic heterocycles. The van der Waals surface area contributed by atoms with Gasteiger partial charge >= 0.3 is 0 Å². The third-order valence-corrected chi connectivity index (χ3v) is 9.09. The molecule has 3 aliphatic carbocycles. The van der Waals surface area contributed by atoms with Crippen molar-refractivity contribution >= 4 is 28.9 Å². The molecule has 0 amide bonds. The molecule has 2 fully saturated rings. The number of benzene rings is 2. The fourth-order valence-electron chi connectivity index (χ4n) is 7.39. The van der Waals surface area contributed by atoms with Gasteiger partial charge < -0.3 is 10.2 Å². The van der Waals surface area contributed by atoms with Crippen LogP contribution in [0.4, 0.5) is 0 Å². The summed E-state index contributed by atoms with van der Waals surface area (Å²) >= 11 is 0. The number of ketones is 5. The van der Waals surface area contributed by atoms with Crippen LogP contribution >= 0.6 is 0 Å². The molecular formula is C33H34O7. The predicted octanol–water partition coefficient (Wildman–Crippen LogP) is 4.10. The maximum atomic E-state index is 14.0. The average Bonchev–Trinajstić information content (AvgIpc) is 2.86. The number of carbonyl (C=O) groups is 5. The normalized spacial score (nSPS) is 29.6. The van der Waals surface area contributed by atoms with Gasteiger partial charge in [-0.25, -0.2) is 0 Å². The zero-order chi connectivity index (χ0) is 29.3. The smallest absolute Gasteiger partial charge is 0.190 e. The first-order valence-electron chi connectivity index (χ1n) is 13.8. The minimum Gasteiger partial charge on any atom is -0.507 e. The van der Waals surface area contributed by atoms with Crippen molar-refractivity contribution in [2.45, 2.75) is 52.6 Å². The fourth-order valence-corrected chi connectivity index (χ4v) is 7.39. The maximum Gasteiger partial charge on any atom is 0.190 e. The van der Waals surface area contributed by atoms with E-state index in [1.165, 1.54) is 6.07 Å². The molecular weight excluding hydrogens is 508 g/mol. The zero-order valence-corrected chi connectivity index (χ0v) is 23.2. The molecule has 2 aromatic rings. The van der Waals surface area contributed by atoms with Crippen molar-refractivity contribution in [1.29, 1.82) is 0 Å². The number of hydrogen-bond donors (Lipinski definition) is 2. The Kier molecular flexibility index (Phi) is 6.78. The van der Waals surface area contributed by atoms with Crippen molar-refractivity contribution in [2.24, 2.45) is 35.5 Å². The molecule has 0 heterocycles. The molecule has 6 unspecified atom stereocenters. The van der Waals surface area contributed by atoms with Crippen molar-refractivity contribution in [1.82, 2.24) is 0 Å². The Balaban J connectivity index is 1.61. The van der Waals surface area contributed by atoms with Crippen molar-refractivity contribution in [3.63, 3.8) is 0 Å². The number of allylic oxidation sites excluding steroid dienone is 1. The third-order valence-electron chi connectivity index (χ3n) is 9.09. The van der Waals surface area contributed by atoms with E-state index in [1.807, 2.05) is 31.2 Å². The van der Waals surface area contributed by atoms with E-state index in [4.69, 9.17) is 0 Å². The third kappa shape index (κ3) is 4.01. The summed E-state index contributed by atoms with van der Waals surface area (Å²) in [6.07, 6.45) is 1.09. The Labute approximate surface area is 233 Å². The molecule has 40 heavy (non-hydrogen) atoms. The summed E-state index contributed by atoms with van der Waals surface area (Å²) in [5, 5.41) is 22.5. The van der Waals surface area contributed by atoms with E-state index in [0.717, 1.165) is 35.6 Å². The van der Waals surface area contributed by atoms with Crippen LogP contribution in [0.15, 0.2) is 48.6 Å². The molecule has 0 spiro atoms. The van der Waals surface area contributed by atoms with Gasteiger partial charge in [0.25, 0.3) is 0 Å². The van der Waals surface area contributed by atoms with Crippen LogP contribution in [-0.2, 0) is 32.0 Å². The first kappa shape index (κ1) is 27.8. The zero-order valence-electron chi connectivity index (χ0n) is 23.2. The summed E-state index contributed by atoms with van der Waals surface area (Å²) in [6, 6.07) is 11.0. The van der Waals surface area contributed by atoms with Crippen LogP contribution in [-0.4, -0.2) is 44.7 Å². The van der Waals surface area contributed by atoms with Gasteiger partial charge in [-0.1, -0.05) is 56.3 Å². The molecule has 5 rings (SSSR count). The topological polar surface area (TPSA) is 126 Å². The number of carbonyl (C=O) groups excluding carboxylic acids is 5. The van der Waals surface area contributed by atoms with Crippen molar-refractivity contribution in [3.05, 3.63) is 65.2 Å². The second-order valence-corrected chi connectivity index (χ2v) is 12.2. The van der Waals surface area contributed by atoms with Gasteiger partial charge in [-0.15, -0.1) is 0 Å². The van der Waals surface area contributed by atoms with Gasteiger partial charge in [-0.05, 0) is 73.3 Å². The second-order valence-electron chi connectivity index (χ2n) is 12.2. The number of rotatable bonds is 5. The van der Waals surface area contributed by atoms with Crippen LogP contribution in [0.3, 0.4) is 0 Å². The highest BCUT2D eigenvalue weighted by Gasteiger charge is 2.68. The Morgan fingerprint density at radius 3 is 2.25 bits per heavy atom. The lowest BCUT2D eigenvalue weighted by atomic mass is 9.49. The lowest BCUT2D eigenvalue weighted by molar-refractivity contribution is -0.182. The summed E-state index contributed by atoms with van der Waals surface area (Å²) < 4.78 is 0. The molecule has 0 radical (unpaired) electrons. The lowest BCUT2D eigenvalue weighted by Gasteiger charge is -2.52. The molecule has 7 nitrogen and oxygen atoms in total. The van der Waals surface area contributed by atoms with Crippen molar-refractivity contribution in [2.75, 3.05) is 0 Å². The van der Waals surface area contributed by atoms with Gasteiger partial charge in [0.05, 0.1) is 11.5 Å². The quantitative estimate of drug-likeness (QED) is 0.430. The summed E-state index contributed by atoms with van der Waals surface area (Å²) in [5.74, 6) is -10.2. The summed E-state index contributed by atoms with van der Waals surface area (Å²) in [7, 11) is 0. The molecule has 208 valence electrons. The minimum absolute atomic E-state index is 0.0167. The van der Waals surface area contributed by atoms with Crippen LogP contribution in [0.2, 0.25) is 0 Å². The standard InChI is InChI=1S/C33H34O7/c1-15(2)12-18-6-8-19(9-7-18)21-10-11-24(35)28-22(21)13-20-14-23-25(16(3)4)29(36)26(17(5)34)31(38)33(23,40)32(39)27(20)30(28)37/h6-11,16,20,23,25-27,35,40H,1,12-14H2,2-5H3. The Morgan fingerprint density at radius 1 is 1.02 bits per heavy atom. The molecule has 0 bridgehead atoms. The molecule has 2 N–H and O–H groups in total. The Bertz CT molecular complexity index is 1480. The van der Waals surface area contributed by atoms with Crippen LogP contribution < -0.4 is 0 Å². The molecule has 0 saturated heterocycles. The van der Waals surface area contributed by atoms with Gasteiger partial charge in [-0.2, -0.15) is 0 Å².